The molecule has 1 aromatic carbocycles. The molecular weight excluding hydrogens is 486 g/mol. The summed E-state index contributed by atoms with van der Waals surface area (Å²) in [6.45, 7) is -0.981. The molecule has 0 radical (unpaired) electrons. The maximum Gasteiger partial charge on any atom is 0.333 e. The molecule has 1 aliphatic heterocycles. The number of rotatable bonds is 9. The highest BCUT2D eigenvalue weighted by molar-refractivity contribution is 7.59. The lowest BCUT2D eigenvalue weighted by Crippen LogP contribution is -2.43. The number of hydrogen-bond donors (Lipinski definition) is 3. The van der Waals surface area contributed by atoms with Crippen LogP contribution in [-0.4, -0.2) is 49.2 Å². The van der Waals surface area contributed by atoms with Crippen LogP contribution in [-0.2, 0) is 35.7 Å². The minimum atomic E-state index is -5.66. The number of aliphatic hydroxyl groups excluding tert-OH is 2. The van der Waals surface area contributed by atoms with Crippen molar-refractivity contribution < 1.29 is 47.6 Å². The molecule has 16 heteroatoms. The summed E-state index contributed by atoms with van der Waals surface area (Å²) >= 11 is 0. The lowest BCUT2D eigenvalue weighted by atomic mass is 10.1. The minimum Gasteiger partial charge on any atom is -0.756 e. The van der Waals surface area contributed by atoms with Crippen LogP contribution in [0.1, 0.15) is 11.8 Å². The Hall–Kier alpha value is -1.96. The summed E-state index contributed by atoms with van der Waals surface area (Å²) in [5.41, 5.74) is -0.573. The fourth-order valence-electron chi connectivity index (χ4n) is 3.23. The zero-order valence-electron chi connectivity index (χ0n) is 16.8. The van der Waals surface area contributed by atoms with Gasteiger partial charge in [0.05, 0.1) is 6.61 Å². The maximum absolute atomic E-state index is 12.8. The highest BCUT2D eigenvalue weighted by Gasteiger charge is 2.44. The molecule has 2 aromatic rings. The molecule has 5 unspecified atom stereocenters. The van der Waals surface area contributed by atoms with Crippen molar-refractivity contribution in [3.05, 3.63) is 69.0 Å². The zero-order chi connectivity index (χ0) is 24.4. The van der Waals surface area contributed by atoms with Crippen LogP contribution >= 0.6 is 15.6 Å². The number of ether oxygens (including phenoxy) is 1. The summed E-state index contributed by atoms with van der Waals surface area (Å²) in [4.78, 5) is 55.5. The van der Waals surface area contributed by atoms with E-state index in [4.69, 9.17) is 9.63 Å². The van der Waals surface area contributed by atoms with Crippen molar-refractivity contribution >= 4 is 15.6 Å². The van der Waals surface area contributed by atoms with Gasteiger partial charge in [-0.1, -0.05) is 30.3 Å². The predicted octanol–water partition coefficient (Wildman–Crippen LogP) is -2.17. The quantitative estimate of drug-likeness (QED) is 0.310. The summed E-state index contributed by atoms with van der Waals surface area (Å²) in [7, 11) is -11.2. The Labute approximate surface area is 186 Å². The lowest BCUT2D eigenvalue weighted by molar-refractivity contribution is -0.242. The number of aromatic nitrogens is 2. The Morgan fingerprint density at radius 1 is 1.06 bits per heavy atom. The molecule has 6 atom stereocenters. The molecule has 1 aliphatic rings. The van der Waals surface area contributed by atoms with Crippen molar-refractivity contribution in [1.82, 2.24) is 9.13 Å². The van der Waals surface area contributed by atoms with E-state index in [2.05, 4.69) is 8.83 Å². The minimum absolute atomic E-state index is 0.0214. The predicted molar refractivity (Wildman–Crippen MR) is 106 cm³/mol. The lowest BCUT2D eigenvalue weighted by Gasteiger charge is -2.28. The number of aryl methyl sites for hydroxylation is 1. The largest absolute Gasteiger partial charge is 0.756 e. The van der Waals surface area contributed by atoms with E-state index in [-0.39, 0.29) is 6.54 Å². The van der Waals surface area contributed by atoms with Crippen LogP contribution in [0.4, 0.5) is 0 Å². The first-order valence-corrected chi connectivity index (χ1v) is 12.4. The number of aliphatic hydroxyl groups is 2. The molecule has 14 nitrogen and oxygen atoms in total. The first kappa shape index (κ1) is 25.7. The fraction of sp³-hybridized carbons (Fsp3) is 0.412. The molecule has 0 spiro atoms. The van der Waals surface area contributed by atoms with Crippen LogP contribution in [0.3, 0.4) is 0 Å². The van der Waals surface area contributed by atoms with E-state index < -0.39 is 58.0 Å². The van der Waals surface area contributed by atoms with Gasteiger partial charge >= 0.3 is 5.69 Å². The second kappa shape index (κ2) is 10.1. The van der Waals surface area contributed by atoms with Crippen molar-refractivity contribution in [3.8, 4) is 0 Å². The summed E-state index contributed by atoms with van der Waals surface area (Å²) in [5.74, 6) is 0. The van der Waals surface area contributed by atoms with Crippen LogP contribution in [0.5, 0.6) is 0 Å². The van der Waals surface area contributed by atoms with Crippen LogP contribution in [0.2, 0.25) is 0 Å². The molecule has 182 valence electrons. The van der Waals surface area contributed by atoms with Gasteiger partial charge in [0.25, 0.3) is 21.2 Å². The molecule has 0 amide bonds. The molecule has 0 bridgehead atoms. The van der Waals surface area contributed by atoms with E-state index in [1.54, 1.807) is 12.1 Å². The zero-order valence-corrected chi connectivity index (χ0v) is 18.6. The Morgan fingerprint density at radius 3 is 2.36 bits per heavy atom. The summed E-state index contributed by atoms with van der Waals surface area (Å²) < 4.78 is 36.8. The maximum atomic E-state index is 12.8. The SMILES string of the molecule is O=c1ccn(C2OC(COP(=O)([O-])OP(=O)([O-])O)[C@H](O)C2O)c(=O)n1CCc1ccccc1. The molecule has 33 heavy (non-hydrogen) atoms. The molecule has 0 aliphatic carbocycles. The number of nitrogens with zero attached hydrogens (tertiary/aromatic N) is 2. The normalized spacial score (nSPS) is 26.6. The smallest absolute Gasteiger partial charge is 0.333 e. The van der Waals surface area contributed by atoms with Crippen LogP contribution in [0.25, 0.3) is 0 Å². The monoisotopic (exact) mass is 506 g/mol. The highest BCUT2D eigenvalue weighted by Crippen LogP contribution is 2.52. The van der Waals surface area contributed by atoms with Crippen molar-refractivity contribution in [2.75, 3.05) is 6.61 Å². The van der Waals surface area contributed by atoms with Gasteiger partial charge in [-0.25, -0.2) is 9.11 Å². The highest BCUT2D eigenvalue weighted by atomic mass is 31.3. The number of phosphoric ester groups is 1. The van der Waals surface area contributed by atoms with E-state index >= 15 is 0 Å². The van der Waals surface area contributed by atoms with Gasteiger partial charge in [0, 0.05) is 18.8 Å². The Bertz CT molecular complexity index is 1180. The summed E-state index contributed by atoms with van der Waals surface area (Å²) in [6, 6.07) is 10.1. The average molecular weight is 506 g/mol. The summed E-state index contributed by atoms with van der Waals surface area (Å²) in [6.07, 6.45) is -5.11. The molecule has 0 saturated carbocycles. The van der Waals surface area contributed by atoms with Gasteiger partial charge in [-0.05, 0) is 12.0 Å². The van der Waals surface area contributed by atoms with Crippen molar-refractivity contribution in [2.24, 2.45) is 0 Å². The Morgan fingerprint density at radius 2 is 1.73 bits per heavy atom. The summed E-state index contributed by atoms with van der Waals surface area (Å²) in [5, 5.41) is 20.4. The number of benzene rings is 1. The first-order chi connectivity index (χ1) is 15.4. The standard InChI is InChI=1S/C17H22N2O12P2/c20-13-7-9-19(17(23)18(13)8-6-11-4-2-1-3-5-11)16-15(22)14(21)12(30-16)10-29-33(27,28)31-32(24,25)26/h1-5,7,9,12,14-16,21-22H,6,8,10H2,(H,27,28)(H2,24,25,26)/p-2/t12?,14-,15?,16?/m0/s1. The van der Waals surface area contributed by atoms with Crippen molar-refractivity contribution in [1.29, 1.82) is 0 Å². The third kappa shape index (κ3) is 6.55. The first-order valence-electron chi connectivity index (χ1n) is 9.46. The van der Waals surface area contributed by atoms with Gasteiger partial charge in [0.1, 0.15) is 18.3 Å². The van der Waals surface area contributed by atoms with Gasteiger partial charge < -0.3 is 34.2 Å². The molecule has 3 N–H and O–H groups in total. The van der Waals surface area contributed by atoms with E-state index in [1.807, 2.05) is 18.2 Å². The Kier molecular flexibility index (Phi) is 7.87. The second-order valence-corrected chi connectivity index (χ2v) is 9.81. The second-order valence-electron chi connectivity index (χ2n) is 7.07. The number of hydrogen-bond acceptors (Lipinski definition) is 11. The fourth-order valence-corrected chi connectivity index (χ4v) is 4.76. The van der Waals surface area contributed by atoms with E-state index in [0.29, 0.717) is 6.42 Å². The van der Waals surface area contributed by atoms with Crippen molar-refractivity contribution in [2.45, 2.75) is 37.5 Å². The van der Waals surface area contributed by atoms with Crippen LogP contribution in [0.15, 0.2) is 52.2 Å². The molecule has 1 saturated heterocycles. The third-order valence-electron chi connectivity index (χ3n) is 4.77. The van der Waals surface area contributed by atoms with E-state index in [1.165, 1.54) is 0 Å². The average Bonchev–Trinajstić information content (AvgIpc) is 3.00. The van der Waals surface area contributed by atoms with E-state index in [9.17, 15) is 38.7 Å². The van der Waals surface area contributed by atoms with E-state index in [0.717, 1.165) is 27.0 Å². The van der Waals surface area contributed by atoms with Gasteiger partial charge in [0.2, 0.25) is 0 Å². The Balaban J connectivity index is 1.75. The molecular formula is C17H20N2O12P2-2. The molecule has 1 fully saturated rings. The third-order valence-corrected chi connectivity index (χ3v) is 6.86. The van der Waals surface area contributed by atoms with Crippen LogP contribution < -0.4 is 21.0 Å². The number of phosphoric acid groups is 2. The van der Waals surface area contributed by atoms with Gasteiger partial charge in [-0.2, -0.15) is 0 Å². The van der Waals surface area contributed by atoms with Gasteiger partial charge in [0.15, 0.2) is 6.23 Å². The van der Waals surface area contributed by atoms with Crippen LogP contribution in [0, 0.1) is 0 Å². The molecule has 1 aromatic heterocycles. The molecule has 2 heterocycles. The van der Waals surface area contributed by atoms with Gasteiger partial charge in [-0.15, -0.1) is 0 Å². The molecule has 3 rings (SSSR count). The topological polar surface area (TPSA) is 213 Å². The van der Waals surface area contributed by atoms with Gasteiger partial charge in [-0.3, -0.25) is 23.1 Å². The van der Waals surface area contributed by atoms with Crippen molar-refractivity contribution in [3.63, 3.8) is 0 Å².